The summed E-state index contributed by atoms with van der Waals surface area (Å²) in [6.45, 7) is 0. The molecule has 0 aliphatic rings. The maximum atomic E-state index is 10.2. The number of nitrogen functional groups attached to an aromatic ring is 1. The second kappa shape index (κ2) is 6.18. The van der Waals surface area contributed by atoms with E-state index < -0.39 is 5.97 Å². The molecule has 1 rings (SSSR count). The van der Waals surface area contributed by atoms with Gasteiger partial charge in [-0.25, -0.2) is 0 Å². The van der Waals surface area contributed by atoms with E-state index in [1.165, 1.54) is 0 Å². The molecule has 3 N–H and O–H groups in total. The fourth-order valence-corrected chi connectivity index (χ4v) is 1.42. The summed E-state index contributed by atoms with van der Waals surface area (Å²) in [5.41, 5.74) is 7.34. The van der Waals surface area contributed by atoms with Crippen molar-refractivity contribution < 1.29 is 9.90 Å². The first-order valence-corrected chi connectivity index (χ1v) is 5.38. The smallest absolute Gasteiger partial charge is 0.307 e. The van der Waals surface area contributed by atoms with Crippen LogP contribution in [0.15, 0.2) is 30.4 Å². The number of nitrogens with two attached hydrogens (primary N) is 1. The quantitative estimate of drug-likeness (QED) is 0.614. The van der Waals surface area contributed by atoms with Crippen molar-refractivity contribution in [3.05, 3.63) is 40.9 Å². The van der Waals surface area contributed by atoms with E-state index in [-0.39, 0.29) is 6.42 Å². The number of aryl methyl sites for hydroxylation is 1. The molecule has 0 saturated heterocycles. The standard InChI is InChI=1S/C12H14ClNO2/c13-10-7-6-9(8-11(10)14)4-2-1-3-5-12(15)16/h1,3,6-8H,2,4-5,14H2,(H,15,16). The zero-order valence-corrected chi connectivity index (χ0v) is 9.57. The SMILES string of the molecule is Nc1cc(CCC=CCC(=O)O)ccc1Cl. The lowest BCUT2D eigenvalue weighted by atomic mass is 10.1. The molecule has 0 amide bonds. The molecule has 1 aromatic rings. The largest absolute Gasteiger partial charge is 0.481 e. The summed E-state index contributed by atoms with van der Waals surface area (Å²) >= 11 is 5.80. The number of benzene rings is 1. The van der Waals surface area contributed by atoms with Gasteiger partial charge < -0.3 is 10.8 Å². The highest BCUT2D eigenvalue weighted by atomic mass is 35.5. The Morgan fingerprint density at radius 2 is 2.19 bits per heavy atom. The molecule has 0 aliphatic heterocycles. The Morgan fingerprint density at radius 3 is 2.81 bits per heavy atom. The number of carboxylic acids is 1. The molecule has 0 aliphatic carbocycles. The highest BCUT2D eigenvalue weighted by molar-refractivity contribution is 6.33. The molecule has 1 aromatic carbocycles. The molecule has 3 nitrogen and oxygen atoms in total. The molecular weight excluding hydrogens is 226 g/mol. The fourth-order valence-electron chi connectivity index (χ4n) is 1.30. The van der Waals surface area contributed by atoms with Crippen LogP contribution in [0.3, 0.4) is 0 Å². The van der Waals surface area contributed by atoms with Crippen LogP contribution in [0.5, 0.6) is 0 Å². The Balaban J connectivity index is 2.40. The third kappa shape index (κ3) is 4.36. The Bertz CT molecular complexity index is 402. The average Bonchev–Trinajstić information content (AvgIpc) is 2.22. The van der Waals surface area contributed by atoms with Crippen LogP contribution < -0.4 is 5.73 Å². The lowest BCUT2D eigenvalue weighted by Crippen LogP contribution is -1.91. The first-order valence-electron chi connectivity index (χ1n) is 5.00. The van der Waals surface area contributed by atoms with Gasteiger partial charge in [-0.05, 0) is 30.5 Å². The predicted octanol–water partition coefficient (Wildman–Crippen LogP) is 2.89. The first kappa shape index (κ1) is 12.6. The van der Waals surface area contributed by atoms with E-state index in [2.05, 4.69) is 0 Å². The van der Waals surface area contributed by atoms with Gasteiger partial charge in [0, 0.05) is 0 Å². The Kier molecular flexibility index (Phi) is 4.86. The number of halogens is 1. The van der Waals surface area contributed by atoms with Crippen LogP contribution in [0.2, 0.25) is 5.02 Å². The molecule has 16 heavy (non-hydrogen) atoms. The molecule has 0 radical (unpaired) electrons. The van der Waals surface area contributed by atoms with Gasteiger partial charge in [0.15, 0.2) is 0 Å². The Hall–Kier alpha value is -1.48. The molecule has 0 atom stereocenters. The number of allylic oxidation sites excluding steroid dienone is 1. The zero-order chi connectivity index (χ0) is 12.0. The predicted molar refractivity (Wildman–Crippen MR) is 65.6 cm³/mol. The average molecular weight is 240 g/mol. The van der Waals surface area contributed by atoms with E-state index in [0.29, 0.717) is 10.7 Å². The Labute approximate surface area is 99.5 Å². The minimum absolute atomic E-state index is 0.0722. The molecule has 0 heterocycles. The van der Waals surface area contributed by atoms with Gasteiger partial charge in [0.05, 0.1) is 17.1 Å². The first-order chi connectivity index (χ1) is 7.59. The van der Waals surface area contributed by atoms with Gasteiger partial charge in [-0.1, -0.05) is 29.8 Å². The summed E-state index contributed by atoms with van der Waals surface area (Å²) < 4.78 is 0. The van der Waals surface area contributed by atoms with Crippen LogP contribution in [-0.2, 0) is 11.2 Å². The molecule has 0 bridgehead atoms. The van der Waals surface area contributed by atoms with E-state index in [1.54, 1.807) is 12.1 Å². The highest BCUT2D eigenvalue weighted by Crippen LogP contribution is 2.20. The minimum atomic E-state index is -0.813. The molecule has 4 heteroatoms. The lowest BCUT2D eigenvalue weighted by Gasteiger charge is -2.01. The molecule has 0 unspecified atom stereocenters. The maximum Gasteiger partial charge on any atom is 0.307 e. The van der Waals surface area contributed by atoms with Gasteiger partial charge in [0.1, 0.15) is 0 Å². The summed E-state index contributed by atoms with van der Waals surface area (Å²) in [5, 5.41) is 8.97. The highest BCUT2D eigenvalue weighted by Gasteiger charge is 1.97. The lowest BCUT2D eigenvalue weighted by molar-refractivity contribution is -0.136. The second-order valence-electron chi connectivity index (χ2n) is 3.46. The summed E-state index contributed by atoms with van der Waals surface area (Å²) in [6, 6.07) is 5.53. The van der Waals surface area contributed by atoms with E-state index in [0.717, 1.165) is 18.4 Å². The van der Waals surface area contributed by atoms with Gasteiger partial charge in [0.25, 0.3) is 0 Å². The van der Waals surface area contributed by atoms with Crippen LogP contribution in [-0.4, -0.2) is 11.1 Å². The fraction of sp³-hybridized carbons (Fsp3) is 0.250. The summed E-state index contributed by atoms with van der Waals surface area (Å²) in [5.74, 6) is -0.813. The van der Waals surface area contributed by atoms with Crippen molar-refractivity contribution in [3.8, 4) is 0 Å². The zero-order valence-electron chi connectivity index (χ0n) is 8.82. The Morgan fingerprint density at radius 1 is 1.44 bits per heavy atom. The van der Waals surface area contributed by atoms with Crippen LogP contribution >= 0.6 is 11.6 Å². The van der Waals surface area contributed by atoms with Crippen molar-refractivity contribution in [2.75, 3.05) is 5.73 Å². The van der Waals surface area contributed by atoms with Gasteiger partial charge in [-0.2, -0.15) is 0 Å². The molecule has 86 valence electrons. The number of hydrogen-bond donors (Lipinski definition) is 2. The number of anilines is 1. The minimum Gasteiger partial charge on any atom is -0.481 e. The maximum absolute atomic E-state index is 10.2. The number of carbonyl (C=O) groups is 1. The molecular formula is C12H14ClNO2. The van der Waals surface area contributed by atoms with Crippen molar-refractivity contribution in [2.45, 2.75) is 19.3 Å². The summed E-state index contributed by atoms with van der Waals surface area (Å²) in [4.78, 5) is 10.2. The van der Waals surface area contributed by atoms with Crippen molar-refractivity contribution >= 4 is 23.3 Å². The van der Waals surface area contributed by atoms with Gasteiger partial charge in [-0.15, -0.1) is 0 Å². The number of hydrogen-bond acceptors (Lipinski definition) is 2. The van der Waals surface area contributed by atoms with E-state index >= 15 is 0 Å². The normalized spacial score (nSPS) is 10.8. The van der Waals surface area contributed by atoms with Crippen LogP contribution in [0.25, 0.3) is 0 Å². The van der Waals surface area contributed by atoms with Crippen molar-refractivity contribution in [3.63, 3.8) is 0 Å². The van der Waals surface area contributed by atoms with Gasteiger partial charge in [-0.3, -0.25) is 4.79 Å². The van der Waals surface area contributed by atoms with Gasteiger partial charge >= 0.3 is 5.97 Å². The van der Waals surface area contributed by atoms with E-state index in [4.69, 9.17) is 22.4 Å². The van der Waals surface area contributed by atoms with Crippen LogP contribution in [0.4, 0.5) is 5.69 Å². The molecule has 0 spiro atoms. The topological polar surface area (TPSA) is 63.3 Å². The molecule has 0 aromatic heterocycles. The van der Waals surface area contributed by atoms with Gasteiger partial charge in [0.2, 0.25) is 0 Å². The number of rotatable bonds is 5. The molecule has 0 fully saturated rings. The van der Waals surface area contributed by atoms with Crippen LogP contribution in [0, 0.1) is 0 Å². The van der Waals surface area contributed by atoms with Crippen molar-refractivity contribution in [1.82, 2.24) is 0 Å². The van der Waals surface area contributed by atoms with E-state index in [9.17, 15) is 4.79 Å². The molecule has 0 saturated carbocycles. The van der Waals surface area contributed by atoms with Crippen molar-refractivity contribution in [2.24, 2.45) is 0 Å². The third-order valence-electron chi connectivity index (χ3n) is 2.12. The number of carboxylic acid groups (broad SMARTS) is 1. The van der Waals surface area contributed by atoms with Crippen molar-refractivity contribution in [1.29, 1.82) is 0 Å². The second-order valence-corrected chi connectivity index (χ2v) is 3.87. The summed E-state index contributed by atoms with van der Waals surface area (Å²) in [7, 11) is 0. The monoisotopic (exact) mass is 239 g/mol. The summed E-state index contributed by atoms with van der Waals surface area (Å²) in [6.07, 6.45) is 5.22. The van der Waals surface area contributed by atoms with E-state index in [1.807, 2.05) is 18.2 Å². The number of aliphatic carboxylic acids is 1. The van der Waals surface area contributed by atoms with Crippen LogP contribution in [0.1, 0.15) is 18.4 Å². The third-order valence-corrected chi connectivity index (χ3v) is 2.46.